The quantitative estimate of drug-likeness (QED) is 0.735. The van der Waals surface area contributed by atoms with Gasteiger partial charge in [0, 0.05) is 18.3 Å². The fraction of sp³-hybridized carbons (Fsp3) is 0.500. The van der Waals surface area contributed by atoms with Crippen molar-refractivity contribution >= 4 is 17.5 Å². The van der Waals surface area contributed by atoms with E-state index >= 15 is 0 Å². The highest BCUT2D eigenvalue weighted by Crippen LogP contribution is 2.26. The lowest BCUT2D eigenvalue weighted by Crippen LogP contribution is -2.48. The summed E-state index contributed by atoms with van der Waals surface area (Å²) in [4.78, 5) is 26.5. The van der Waals surface area contributed by atoms with Gasteiger partial charge in [0.15, 0.2) is 0 Å². The van der Waals surface area contributed by atoms with Crippen molar-refractivity contribution in [2.24, 2.45) is 0 Å². The number of rotatable bonds is 3. The Kier molecular flexibility index (Phi) is 4.13. The number of amides is 2. The van der Waals surface area contributed by atoms with Gasteiger partial charge in [-0.15, -0.1) is 0 Å². The summed E-state index contributed by atoms with van der Waals surface area (Å²) in [6.07, 6.45) is 0.495. The Morgan fingerprint density at radius 2 is 2.05 bits per heavy atom. The maximum absolute atomic E-state index is 12.6. The number of nitrogens with zero attached hydrogens (tertiary/aromatic N) is 1. The lowest BCUT2D eigenvalue weighted by molar-refractivity contribution is -0.127. The van der Waals surface area contributed by atoms with Crippen molar-refractivity contribution in [2.45, 2.75) is 44.0 Å². The molecule has 0 bridgehead atoms. The van der Waals surface area contributed by atoms with Gasteiger partial charge in [-0.3, -0.25) is 9.59 Å². The average molecular weight is 303 g/mol. The number of benzene rings is 1. The third-order valence-corrected chi connectivity index (χ3v) is 4.33. The van der Waals surface area contributed by atoms with Crippen molar-refractivity contribution in [1.82, 2.24) is 10.6 Å². The molecule has 4 unspecified atom stereocenters. The normalized spacial score (nSPS) is 31.5. The van der Waals surface area contributed by atoms with Gasteiger partial charge in [0.25, 0.3) is 0 Å². The smallest absolute Gasteiger partial charge is 0.249 e. The number of aliphatic hydroxyl groups is 1. The van der Waals surface area contributed by atoms with E-state index < -0.39 is 18.2 Å². The highest BCUT2D eigenvalue weighted by atomic mass is 16.3. The molecule has 2 aliphatic heterocycles. The highest BCUT2D eigenvalue weighted by molar-refractivity contribution is 6.02. The predicted molar refractivity (Wildman–Crippen MR) is 82.4 cm³/mol. The molecule has 2 fully saturated rings. The summed E-state index contributed by atoms with van der Waals surface area (Å²) in [7, 11) is 0. The second-order valence-corrected chi connectivity index (χ2v) is 6.04. The molecule has 0 saturated carbocycles. The first-order chi connectivity index (χ1) is 10.6. The van der Waals surface area contributed by atoms with Crippen LogP contribution in [0.1, 0.15) is 19.8 Å². The number of carbonyl (C=O) groups excluding carboxylic acids is 2. The molecule has 3 rings (SSSR count). The van der Waals surface area contributed by atoms with Crippen LogP contribution in [0.4, 0.5) is 5.69 Å². The average Bonchev–Trinajstić information content (AvgIpc) is 3.05. The van der Waals surface area contributed by atoms with E-state index in [1.807, 2.05) is 37.3 Å². The highest BCUT2D eigenvalue weighted by Gasteiger charge is 2.40. The number of nitrogens with one attached hydrogen (secondary N) is 2. The molecule has 2 saturated heterocycles. The summed E-state index contributed by atoms with van der Waals surface area (Å²) in [5.74, 6) is -0.289. The van der Waals surface area contributed by atoms with Crippen molar-refractivity contribution < 1.29 is 14.7 Å². The number of carbonyl (C=O) groups is 2. The zero-order valence-corrected chi connectivity index (χ0v) is 12.5. The predicted octanol–water partition coefficient (Wildman–Crippen LogP) is 0.0194. The molecule has 3 N–H and O–H groups in total. The monoisotopic (exact) mass is 303 g/mol. The van der Waals surface area contributed by atoms with Crippen LogP contribution in [0, 0.1) is 0 Å². The third-order valence-electron chi connectivity index (χ3n) is 4.33. The van der Waals surface area contributed by atoms with E-state index in [4.69, 9.17) is 0 Å². The van der Waals surface area contributed by atoms with Crippen molar-refractivity contribution in [3.63, 3.8) is 0 Å². The van der Waals surface area contributed by atoms with Crippen molar-refractivity contribution in [1.29, 1.82) is 0 Å². The summed E-state index contributed by atoms with van der Waals surface area (Å²) in [5, 5.41) is 15.3. The van der Waals surface area contributed by atoms with Crippen LogP contribution in [0.3, 0.4) is 0 Å². The molecule has 6 nitrogen and oxygen atoms in total. The number of anilines is 1. The van der Waals surface area contributed by atoms with Crippen LogP contribution < -0.4 is 15.5 Å². The van der Waals surface area contributed by atoms with Gasteiger partial charge in [-0.25, -0.2) is 0 Å². The molecule has 0 spiro atoms. The Labute approximate surface area is 129 Å². The summed E-state index contributed by atoms with van der Waals surface area (Å²) in [6, 6.07) is 8.62. The molecule has 4 atom stereocenters. The summed E-state index contributed by atoms with van der Waals surface area (Å²) in [6.45, 7) is 2.40. The van der Waals surface area contributed by atoms with E-state index in [2.05, 4.69) is 10.6 Å². The Morgan fingerprint density at radius 3 is 2.68 bits per heavy atom. The molecule has 1 aromatic carbocycles. The van der Waals surface area contributed by atoms with Gasteiger partial charge in [0.05, 0.1) is 12.1 Å². The SMILES string of the molecule is CC1CC(NC(=O)C2CC(O)CN2)C(=O)N1c1ccccc1. The number of para-hydroxylation sites is 1. The first-order valence-corrected chi connectivity index (χ1v) is 7.66. The second kappa shape index (κ2) is 6.06. The van der Waals surface area contributed by atoms with Crippen LogP contribution in [0.15, 0.2) is 30.3 Å². The van der Waals surface area contributed by atoms with Gasteiger partial charge >= 0.3 is 0 Å². The second-order valence-electron chi connectivity index (χ2n) is 6.04. The minimum atomic E-state index is -0.498. The zero-order chi connectivity index (χ0) is 15.7. The molecule has 1 aromatic rings. The summed E-state index contributed by atoms with van der Waals surface area (Å²) >= 11 is 0. The van der Waals surface area contributed by atoms with Crippen LogP contribution in [-0.2, 0) is 9.59 Å². The lowest BCUT2D eigenvalue weighted by atomic mass is 10.1. The fourth-order valence-electron chi connectivity index (χ4n) is 3.21. The van der Waals surface area contributed by atoms with Gasteiger partial charge in [0.2, 0.25) is 11.8 Å². The summed E-state index contributed by atoms with van der Waals surface area (Å²) in [5.41, 5.74) is 0.853. The van der Waals surface area contributed by atoms with Gasteiger partial charge in [-0.05, 0) is 31.9 Å². The van der Waals surface area contributed by atoms with Crippen LogP contribution in [0.2, 0.25) is 0 Å². The van der Waals surface area contributed by atoms with E-state index in [0.29, 0.717) is 19.4 Å². The van der Waals surface area contributed by atoms with Crippen LogP contribution in [0.5, 0.6) is 0 Å². The number of hydrogen-bond acceptors (Lipinski definition) is 4. The lowest BCUT2D eigenvalue weighted by Gasteiger charge is -2.21. The fourth-order valence-corrected chi connectivity index (χ4v) is 3.21. The minimum Gasteiger partial charge on any atom is -0.392 e. The van der Waals surface area contributed by atoms with E-state index in [0.717, 1.165) is 5.69 Å². The van der Waals surface area contributed by atoms with Crippen LogP contribution >= 0.6 is 0 Å². The first-order valence-electron chi connectivity index (χ1n) is 7.66. The van der Waals surface area contributed by atoms with Crippen molar-refractivity contribution in [2.75, 3.05) is 11.4 Å². The largest absolute Gasteiger partial charge is 0.392 e. The zero-order valence-electron chi connectivity index (χ0n) is 12.5. The molecule has 0 aliphatic carbocycles. The Balaban J connectivity index is 1.66. The molecule has 2 heterocycles. The van der Waals surface area contributed by atoms with Crippen LogP contribution in [0.25, 0.3) is 0 Å². The molecule has 0 radical (unpaired) electrons. The molecular formula is C16H21N3O3. The molecule has 2 amide bonds. The van der Waals surface area contributed by atoms with E-state index in [9.17, 15) is 14.7 Å². The van der Waals surface area contributed by atoms with Crippen molar-refractivity contribution in [3.05, 3.63) is 30.3 Å². The van der Waals surface area contributed by atoms with Gasteiger partial charge in [-0.2, -0.15) is 0 Å². The topological polar surface area (TPSA) is 81.7 Å². The van der Waals surface area contributed by atoms with Gasteiger partial charge < -0.3 is 20.6 Å². The minimum absolute atomic E-state index is 0.0438. The Morgan fingerprint density at radius 1 is 1.32 bits per heavy atom. The van der Waals surface area contributed by atoms with Gasteiger partial charge in [-0.1, -0.05) is 18.2 Å². The first kappa shape index (κ1) is 15.0. The molecule has 6 heteroatoms. The molecule has 22 heavy (non-hydrogen) atoms. The molecule has 118 valence electrons. The van der Waals surface area contributed by atoms with Crippen molar-refractivity contribution in [3.8, 4) is 0 Å². The standard InChI is InChI=1S/C16H21N3O3/c1-10-7-14(18-15(21)13-8-12(20)9-17-13)16(22)19(10)11-5-3-2-4-6-11/h2-6,10,12-14,17,20H,7-9H2,1H3,(H,18,21). The maximum atomic E-state index is 12.6. The Hall–Kier alpha value is -1.92. The van der Waals surface area contributed by atoms with E-state index in [-0.39, 0.29) is 17.9 Å². The Bertz CT molecular complexity index is 563. The third kappa shape index (κ3) is 2.84. The molecular weight excluding hydrogens is 282 g/mol. The van der Waals surface area contributed by atoms with E-state index in [1.165, 1.54) is 0 Å². The summed E-state index contributed by atoms with van der Waals surface area (Å²) < 4.78 is 0. The number of β-amino-alcohol motifs (C(OH)–C–C–N with tert-alkyl or cyclic N) is 1. The molecule has 2 aliphatic rings. The van der Waals surface area contributed by atoms with E-state index in [1.54, 1.807) is 4.90 Å². The number of hydrogen-bond donors (Lipinski definition) is 3. The molecule has 0 aromatic heterocycles. The number of aliphatic hydroxyl groups excluding tert-OH is 1. The van der Waals surface area contributed by atoms with Crippen LogP contribution in [-0.4, -0.2) is 47.7 Å². The maximum Gasteiger partial charge on any atom is 0.249 e. The van der Waals surface area contributed by atoms with Gasteiger partial charge in [0.1, 0.15) is 6.04 Å².